The fourth-order valence-electron chi connectivity index (χ4n) is 2.04. The predicted octanol–water partition coefficient (Wildman–Crippen LogP) is 2.50. The quantitative estimate of drug-likeness (QED) is 0.756. The van der Waals surface area contributed by atoms with E-state index in [1.54, 1.807) is 0 Å². The highest BCUT2D eigenvalue weighted by molar-refractivity contribution is 5.85. The Bertz CT molecular complexity index is 155. The van der Waals surface area contributed by atoms with Crippen LogP contribution in [0.1, 0.15) is 45.4 Å². The molecule has 1 atom stereocenters. The van der Waals surface area contributed by atoms with Gasteiger partial charge >= 0.3 is 0 Å². The second kappa shape index (κ2) is 6.25. The summed E-state index contributed by atoms with van der Waals surface area (Å²) in [6.07, 6.45) is 7.68. The van der Waals surface area contributed by atoms with Gasteiger partial charge in [-0.3, -0.25) is 4.79 Å². The molecule has 1 amide bonds. The third-order valence-corrected chi connectivity index (χ3v) is 2.90. The molecule has 0 aromatic carbocycles. The van der Waals surface area contributed by atoms with E-state index in [0.717, 1.165) is 12.3 Å². The molecule has 0 saturated heterocycles. The van der Waals surface area contributed by atoms with E-state index in [1.165, 1.54) is 32.1 Å². The van der Waals surface area contributed by atoms with Gasteiger partial charge in [-0.1, -0.05) is 39.0 Å². The summed E-state index contributed by atoms with van der Waals surface area (Å²) in [5.41, 5.74) is 5.21. The van der Waals surface area contributed by atoms with Gasteiger partial charge in [0.1, 0.15) is 0 Å². The number of carbonyl (C=O) groups excluding carboxylic acids is 1. The molecule has 0 aliphatic heterocycles. The first kappa shape index (κ1) is 12.8. The average molecular weight is 206 g/mol. The van der Waals surface area contributed by atoms with Gasteiger partial charge in [0.15, 0.2) is 0 Å². The van der Waals surface area contributed by atoms with Crippen LogP contribution in [0.3, 0.4) is 0 Å². The number of nitrogens with two attached hydrogens (primary N) is 1. The van der Waals surface area contributed by atoms with Gasteiger partial charge in [0, 0.05) is 5.92 Å². The molecule has 1 saturated carbocycles. The second-order valence-electron chi connectivity index (χ2n) is 4.04. The van der Waals surface area contributed by atoms with Crippen molar-refractivity contribution in [1.29, 1.82) is 0 Å². The first-order chi connectivity index (χ1) is 5.70. The molecule has 13 heavy (non-hydrogen) atoms. The van der Waals surface area contributed by atoms with Gasteiger partial charge in [0.25, 0.3) is 0 Å². The van der Waals surface area contributed by atoms with E-state index < -0.39 is 0 Å². The zero-order valence-electron chi connectivity index (χ0n) is 8.29. The van der Waals surface area contributed by atoms with Crippen molar-refractivity contribution in [3.63, 3.8) is 0 Å². The van der Waals surface area contributed by atoms with Crippen molar-refractivity contribution < 1.29 is 4.79 Å². The normalized spacial score (nSPS) is 20.4. The van der Waals surface area contributed by atoms with E-state index in [4.69, 9.17) is 5.73 Å². The Labute approximate surface area is 86.7 Å². The van der Waals surface area contributed by atoms with Crippen LogP contribution in [0.4, 0.5) is 0 Å². The first-order valence-corrected chi connectivity index (χ1v) is 4.99. The van der Waals surface area contributed by atoms with Crippen LogP contribution in [-0.2, 0) is 4.79 Å². The van der Waals surface area contributed by atoms with Crippen LogP contribution in [0.15, 0.2) is 0 Å². The highest BCUT2D eigenvalue weighted by atomic mass is 35.5. The van der Waals surface area contributed by atoms with Crippen LogP contribution in [0.5, 0.6) is 0 Å². The molecule has 1 rings (SSSR count). The molecule has 2 nitrogen and oxygen atoms in total. The lowest BCUT2D eigenvalue weighted by Crippen LogP contribution is -2.23. The second-order valence-corrected chi connectivity index (χ2v) is 4.04. The Morgan fingerprint density at radius 2 is 1.92 bits per heavy atom. The Kier molecular flexibility index (Phi) is 6.13. The summed E-state index contributed by atoms with van der Waals surface area (Å²) >= 11 is 0. The van der Waals surface area contributed by atoms with Crippen LogP contribution in [0, 0.1) is 11.8 Å². The maximum absolute atomic E-state index is 10.8. The molecule has 1 aliphatic rings. The van der Waals surface area contributed by atoms with E-state index in [1.807, 2.05) is 6.92 Å². The van der Waals surface area contributed by atoms with Gasteiger partial charge in [0.2, 0.25) is 5.91 Å². The van der Waals surface area contributed by atoms with Crippen LogP contribution in [0.2, 0.25) is 0 Å². The van der Waals surface area contributed by atoms with E-state index in [9.17, 15) is 4.79 Å². The van der Waals surface area contributed by atoms with Crippen molar-refractivity contribution in [2.24, 2.45) is 17.6 Å². The van der Waals surface area contributed by atoms with Crippen LogP contribution < -0.4 is 5.73 Å². The fourth-order valence-corrected chi connectivity index (χ4v) is 2.04. The molecule has 1 fully saturated rings. The van der Waals surface area contributed by atoms with Gasteiger partial charge in [-0.2, -0.15) is 0 Å². The Hall–Kier alpha value is -0.240. The van der Waals surface area contributed by atoms with Crippen molar-refractivity contribution in [1.82, 2.24) is 0 Å². The third kappa shape index (κ3) is 4.51. The molecule has 3 heteroatoms. The SMILES string of the molecule is CC(CC1CCCCC1)C(N)=O.Cl. The maximum Gasteiger partial charge on any atom is 0.220 e. The summed E-state index contributed by atoms with van der Waals surface area (Å²) < 4.78 is 0. The molecule has 0 aromatic heterocycles. The number of hydrogen-bond acceptors (Lipinski definition) is 1. The minimum Gasteiger partial charge on any atom is -0.369 e. The molecule has 0 bridgehead atoms. The van der Waals surface area contributed by atoms with Crippen molar-refractivity contribution in [2.45, 2.75) is 45.4 Å². The molecular weight excluding hydrogens is 186 g/mol. The minimum absolute atomic E-state index is 0. The molecule has 0 spiro atoms. The summed E-state index contributed by atoms with van der Waals surface area (Å²) in [6, 6.07) is 0. The van der Waals surface area contributed by atoms with Gasteiger partial charge in [0.05, 0.1) is 0 Å². The standard InChI is InChI=1S/C10H19NO.ClH/c1-8(10(11)12)7-9-5-3-2-4-6-9;/h8-9H,2-7H2,1H3,(H2,11,12);1H. The van der Waals surface area contributed by atoms with E-state index in [2.05, 4.69) is 0 Å². The van der Waals surface area contributed by atoms with Crippen molar-refractivity contribution in [3.8, 4) is 0 Å². The van der Waals surface area contributed by atoms with E-state index in [0.29, 0.717) is 0 Å². The third-order valence-electron chi connectivity index (χ3n) is 2.90. The zero-order chi connectivity index (χ0) is 8.97. The highest BCUT2D eigenvalue weighted by Gasteiger charge is 2.18. The summed E-state index contributed by atoms with van der Waals surface area (Å²) in [5.74, 6) is 0.704. The predicted molar refractivity (Wildman–Crippen MR) is 56.8 cm³/mol. The lowest BCUT2D eigenvalue weighted by atomic mass is 9.83. The van der Waals surface area contributed by atoms with Crippen molar-refractivity contribution >= 4 is 18.3 Å². The number of hydrogen-bond donors (Lipinski definition) is 1. The summed E-state index contributed by atoms with van der Waals surface area (Å²) in [5, 5.41) is 0. The Morgan fingerprint density at radius 3 is 2.38 bits per heavy atom. The number of primary amides is 1. The molecule has 0 heterocycles. The highest BCUT2D eigenvalue weighted by Crippen LogP contribution is 2.28. The minimum atomic E-state index is -0.138. The molecule has 0 radical (unpaired) electrons. The fraction of sp³-hybridized carbons (Fsp3) is 0.900. The molecule has 78 valence electrons. The van der Waals surface area contributed by atoms with Crippen LogP contribution in [-0.4, -0.2) is 5.91 Å². The van der Waals surface area contributed by atoms with Gasteiger partial charge < -0.3 is 5.73 Å². The molecule has 1 aliphatic carbocycles. The molecular formula is C10H20ClNO. The Morgan fingerprint density at radius 1 is 1.38 bits per heavy atom. The summed E-state index contributed by atoms with van der Waals surface area (Å²) in [6.45, 7) is 1.94. The number of amides is 1. The number of carbonyl (C=O) groups is 1. The van der Waals surface area contributed by atoms with Gasteiger partial charge in [-0.25, -0.2) is 0 Å². The topological polar surface area (TPSA) is 43.1 Å². The summed E-state index contributed by atoms with van der Waals surface area (Å²) in [4.78, 5) is 10.8. The van der Waals surface area contributed by atoms with E-state index in [-0.39, 0.29) is 24.2 Å². The Balaban J connectivity index is 0.00000144. The van der Waals surface area contributed by atoms with Gasteiger partial charge in [-0.05, 0) is 12.3 Å². The number of halogens is 1. The molecule has 0 aromatic rings. The summed E-state index contributed by atoms with van der Waals surface area (Å²) in [7, 11) is 0. The largest absolute Gasteiger partial charge is 0.369 e. The smallest absolute Gasteiger partial charge is 0.220 e. The lowest BCUT2D eigenvalue weighted by Gasteiger charge is -2.23. The molecule has 1 unspecified atom stereocenters. The first-order valence-electron chi connectivity index (χ1n) is 4.99. The van der Waals surface area contributed by atoms with Crippen molar-refractivity contribution in [2.75, 3.05) is 0 Å². The monoisotopic (exact) mass is 205 g/mol. The van der Waals surface area contributed by atoms with Gasteiger partial charge in [-0.15, -0.1) is 12.4 Å². The van der Waals surface area contributed by atoms with Crippen LogP contribution in [0.25, 0.3) is 0 Å². The molecule has 2 N–H and O–H groups in total. The maximum atomic E-state index is 10.8. The number of rotatable bonds is 3. The average Bonchev–Trinajstić information content (AvgIpc) is 2.06. The zero-order valence-corrected chi connectivity index (χ0v) is 9.11. The lowest BCUT2D eigenvalue weighted by molar-refractivity contribution is -0.121. The van der Waals surface area contributed by atoms with Crippen molar-refractivity contribution in [3.05, 3.63) is 0 Å². The van der Waals surface area contributed by atoms with E-state index >= 15 is 0 Å². The van der Waals surface area contributed by atoms with Crippen LogP contribution >= 0.6 is 12.4 Å².